The highest BCUT2D eigenvalue weighted by Gasteiger charge is 2.45. The summed E-state index contributed by atoms with van der Waals surface area (Å²) in [6.07, 6.45) is 5.37. The van der Waals surface area contributed by atoms with Crippen LogP contribution in [0.25, 0.3) is 0 Å². The average Bonchev–Trinajstić information content (AvgIpc) is 2.67. The number of ether oxygens (including phenoxy) is 1. The van der Waals surface area contributed by atoms with Gasteiger partial charge in [0.2, 0.25) is 0 Å². The second kappa shape index (κ2) is 7.34. The Hall–Kier alpha value is -2.76. The number of aromatic nitrogens is 1. The summed E-state index contributed by atoms with van der Waals surface area (Å²) in [5, 5.41) is 0. The van der Waals surface area contributed by atoms with Crippen molar-refractivity contribution in [3.05, 3.63) is 59.2 Å². The summed E-state index contributed by atoms with van der Waals surface area (Å²) >= 11 is 0. The van der Waals surface area contributed by atoms with Crippen molar-refractivity contribution in [1.29, 1.82) is 0 Å². The first-order valence-corrected chi connectivity index (χ1v) is 9.66. The SMILES string of the molecule is COC(=O)N1CCCc2cc(C3(C(=O)Cc4ccc(F)cn4)CCC3)ccc21. The van der Waals surface area contributed by atoms with Crippen molar-refractivity contribution in [3.63, 3.8) is 0 Å². The van der Waals surface area contributed by atoms with E-state index in [4.69, 9.17) is 4.74 Å². The minimum atomic E-state index is -0.501. The van der Waals surface area contributed by atoms with Crippen LogP contribution in [0.3, 0.4) is 0 Å². The molecule has 2 aromatic rings. The van der Waals surface area contributed by atoms with Crippen LogP contribution in [0.4, 0.5) is 14.9 Å². The summed E-state index contributed by atoms with van der Waals surface area (Å²) in [5.41, 5.74) is 3.04. The molecule has 0 bridgehead atoms. The Balaban J connectivity index is 1.62. The highest BCUT2D eigenvalue weighted by molar-refractivity contribution is 5.93. The molecule has 146 valence electrons. The topological polar surface area (TPSA) is 59.5 Å². The van der Waals surface area contributed by atoms with Crippen LogP contribution in [-0.2, 0) is 27.8 Å². The smallest absolute Gasteiger partial charge is 0.414 e. The number of anilines is 1. The fraction of sp³-hybridized carbons (Fsp3) is 0.409. The van der Waals surface area contributed by atoms with Crippen molar-refractivity contribution in [3.8, 4) is 0 Å². The fourth-order valence-electron chi connectivity index (χ4n) is 4.30. The highest BCUT2D eigenvalue weighted by atomic mass is 19.1. The minimum absolute atomic E-state index is 0.124. The van der Waals surface area contributed by atoms with Crippen LogP contribution < -0.4 is 4.90 Å². The number of rotatable bonds is 4. The van der Waals surface area contributed by atoms with Crippen LogP contribution in [0, 0.1) is 5.82 Å². The Bertz CT molecular complexity index is 906. The molecule has 1 saturated carbocycles. The van der Waals surface area contributed by atoms with E-state index >= 15 is 0 Å². The second-order valence-corrected chi connectivity index (χ2v) is 7.57. The first kappa shape index (κ1) is 18.6. The molecule has 1 aromatic carbocycles. The lowest BCUT2D eigenvalue weighted by Gasteiger charge is -2.42. The first-order valence-electron chi connectivity index (χ1n) is 9.66. The van der Waals surface area contributed by atoms with Crippen LogP contribution >= 0.6 is 0 Å². The molecule has 0 radical (unpaired) electrons. The fourth-order valence-corrected chi connectivity index (χ4v) is 4.30. The zero-order valence-corrected chi connectivity index (χ0v) is 15.9. The Kier molecular flexibility index (Phi) is 4.87. The number of fused-ring (bicyclic) bond motifs is 1. The van der Waals surface area contributed by atoms with Crippen molar-refractivity contribution in [2.24, 2.45) is 0 Å². The summed E-state index contributed by atoms with van der Waals surface area (Å²) < 4.78 is 18.0. The number of halogens is 1. The number of nitrogens with zero attached hydrogens (tertiary/aromatic N) is 2. The number of aryl methyl sites for hydroxylation is 1. The number of ketones is 1. The molecule has 0 atom stereocenters. The van der Waals surface area contributed by atoms with Gasteiger partial charge in [-0.15, -0.1) is 0 Å². The van der Waals surface area contributed by atoms with Crippen molar-refractivity contribution in [2.45, 2.75) is 43.9 Å². The van der Waals surface area contributed by atoms with Crippen molar-refractivity contribution in [1.82, 2.24) is 4.98 Å². The third-order valence-electron chi connectivity index (χ3n) is 6.02. The van der Waals surface area contributed by atoms with Gasteiger partial charge >= 0.3 is 6.09 Å². The largest absolute Gasteiger partial charge is 0.452 e. The number of carbonyl (C=O) groups excluding carboxylic acids is 2. The molecular weight excluding hydrogens is 359 g/mol. The molecule has 1 fully saturated rings. The monoisotopic (exact) mass is 382 g/mol. The number of hydrogen-bond donors (Lipinski definition) is 0. The quantitative estimate of drug-likeness (QED) is 0.803. The van der Waals surface area contributed by atoms with Crippen LogP contribution in [-0.4, -0.2) is 30.5 Å². The minimum Gasteiger partial charge on any atom is -0.452 e. The van der Waals surface area contributed by atoms with E-state index in [1.807, 2.05) is 12.1 Å². The molecule has 5 nitrogen and oxygen atoms in total. The van der Waals surface area contributed by atoms with Crippen molar-refractivity contribution in [2.75, 3.05) is 18.6 Å². The summed E-state index contributed by atoms with van der Waals surface area (Å²) in [6, 6.07) is 8.89. The van der Waals surface area contributed by atoms with E-state index in [1.54, 1.807) is 11.0 Å². The molecule has 1 amide bonds. The molecule has 6 heteroatoms. The molecule has 2 heterocycles. The Labute approximate surface area is 163 Å². The van der Waals surface area contributed by atoms with Gasteiger partial charge in [-0.05, 0) is 55.0 Å². The molecule has 4 rings (SSSR count). The average molecular weight is 382 g/mol. The number of Topliss-reactive ketones (excluding diaryl/α,β-unsaturated/α-hetero) is 1. The standard InChI is InChI=1S/C22H23FN2O3/c1-28-21(27)25-11-2-4-15-12-16(5-8-19(15)25)22(9-3-10-22)20(26)13-18-7-6-17(23)14-24-18/h5-8,12,14H,2-4,9-11,13H2,1H3. The van der Waals surface area contributed by atoms with Crippen LogP contribution in [0.5, 0.6) is 0 Å². The van der Waals surface area contributed by atoms with Crippen molar-refractivity contribution < 1.29 is 18.7 Å². The Morgan fingerprint density at radius 1 is 1.21 bits per heavy atom. The van der Waals surface area contributed by atoms with Gasteiger partial charge < -0.3 is 4.74 Å². The zero-order chi connectivity index (χ0) is 19.7. The van der Waals surface area contributed by atoms with Gasteiger partial charge in [0, 0.05) is 18.7 Å². The van der Waals surface area contributed by atoms with Crippen LogP contribution in [0.1, 0.15) is 42.5 Å². The predicted molar refractivity (Wildman–Crippen MR) is 103 cm³/mol. The van der Waals surface area contributed by atoms with Gasteiger partial charge in [-0.1, -0.05) is 18.6 Å². The third-order valence-corrected chi connectivity index (χ3v) is 6.02. The van der Waals surface area contributed by atoms with E-state index < -0.39 is 11.2 Å². The Morgan fingerprint density at radius 3 is 2.68 bits per heavy atom. The molecule has 1 aliphatic heterocycles. The maximum atomic E-state index is 13.2. The molecule has 1 aliphatic carbocycles. The lowest BCUT2D eigenvalue weighted by Crippen LogP contribution is -2.44. The number of carbonyl (C=O) groups is 2. The predicted octanol–water partition coefficient (Wildman–Crippen LogP) is 3.97. The van der Waals surface area contributed by atoms with E-state index in [-0.39, 0.29) is 18.3 Å². The Morgan fingerprint density at radius 2 is 2.04 bits per heavy atom. The molecule has 0 unspecified atom stereocenters. The van der Waals surface area contributed by atoms with Gasteiger partial charge in [-0.25, -0.2) is 9.18 Å². The number of methoxy groups -OCH3 is 1. The number of benzene rings is 1. The van der Waals surface area contributed by atoms with Crippen molar-refractivity contribution >= 4 is 17.6 Å². The summed E-state index contributed by atoms with van der Waals surface area (Å²) in [4.78, 5) is 30.9. The molecular formula is C22H23FN2O3. The van der Waals surface area contributed by atoms with E-state index in [9.17, 15) is 14.0 Å². The maximum Gasteiger partial charge on any atom is 0.414 e. The highest BCUT2D eigenvalue weighted by Crippen LogP contribution is 2.46. The van der Waals surface area contributed by atoms with Crippen LogP contribution in [0.15, 0.2) is 36.5 Å². The van der Waals surface area contributed by atoms with E-state index in [1.165, 1.54) is 13.2 Å². The maximum absolute atomic E-state index is 13.2. The molecule has 0 spiro atoms. The summed E-state index contributed by atoms with van der Waals surface area (Å²) in [6.45, 7) is 0.638. The lowest BCUT2D eigenvalue weighted by atomic mass is 9.61. The molecule has 1 aromatic heterocycles. The molecule has 2 aliphatic rings. The van der Waals surface area contributed by atoms with Gasteiger partial charge in [-0.3, -0.25) is 14.7 Å². The second-order valence-electron chi connectivity index (χ2n) is 7.57. The van der Waals surface area contributed by atoms with Gasteiger partial charge in [-0.2, -0.15) is 0 Å². The molecule has 0 N–H and O–H groups in total. The number of pyridine rings is 1. The van der Waals surface area contributed by atoms with E-state index in [0.29, 0.717) is 12.2 Å². The number of amides is 1. The lowest BCUT2D eigenvalue weighted by molar-refractivity contribution is -0.127. The van der Waals surface area contributed by atoms with Crippen LogP contribution in [0.2, 0.25) is 0 Å². The van der Waals surface area contributed by atoms with E-state index in [2.05, 4.69) is 11.1 Å². The van der Waals surface area contributed by atoms with Gasteiger partial charge in [0.05, 0.1) is 24.4 Å². The number of hydrogen-bond acceptors (Lipinski definition) is 4. The zero-order valence-electron chi connectivity index (χ0n) is 15.9. The summed E-state index contributed by atoms with van der Waals surface area (Å²) in [5.74, 6) is -0.280. The molecule has 28 heavy (non-hydrogen) atoms. The van der Waals surface area contributed by atoms with Gasteiger partial charge in [0.25, 0.3) is 0 Å². The van der Waals surface area contributed by atoms with E-state index in [0.717, 1.165) is 55.1 Å². The summed E-state index contributed by atoms with van der Waals surface area (Å²) in [7, 11) is 1.39. The molecule has 0 saturated heterocycles. The normalized spacial score (nSPS) is 17.4. The van der Waals surface area contributed by atoms with Gasteiger partial charge in [0.1, 0.15) is 11.6 Å². The third kappa shape index (κ3) is 3.17. The van der Waals surface area contributed by atoms with Gasteiger partial charge in [0.15, 0.2) is 0 Å². The first-order chi connectivity index (χ1) is 13.5.